The minimum Gasteiger partial charge on any atom is -0.465 e. The number of hydrogen-bond donors (Lipinski definition) is 1. The average Bonchev–Trinajstić information content (AvgIpc) is 2.68. The number of esters is 1. The van der Waals surface area contributed by atoms with E-state index in [-0.39, 0.29) is 35.6 Å². The van der Waals surface area contributed by atoms with Crippen molar-refractivity contribution in [1.29, 1.82) is 0 Å². The second-order valence-electron chi connectivity index (χ2n) is 6.42. The number of carbonyl (C=O) groups excluding carboxylic acids is 2. The van der Waals surface area contributed by atoms with Crippen LogP contribution in [0.3, 0.4) is 0 Å². The predicted molar refractivity (Wildman–Crippen MR) is 77.2 cm³/mol. The molecule has 1 saturated carbocycles. The summed E-state index contributed by atoms with van der Waals surface area (Å²) in [5, 5.41) is 8.67. The van der Waals surface area contributed by atoms with Gasteiger partial charge in [0.05, 0.1) is 12.5 Å². The highest BCUT2D eigenvalue weighted by Crippen LogP contribution is 2.48. The number of rotatable bonds is 8. The highest BCUT2D eigenvalue weighted by Gasteiger charge is 2.49. The number of ketones is 1. The molecule has 0 aliphatic heterocycles. The third-order valence-corrected chi connectivity index (χ3v) is 4.61. The minimum atomic E-state index is -0.292. The molecule has 0 radical (unpaired) electrons. The highest BCUT2D eigenvalue weighted by molar-refractivity contribution is 5.82. The van der Waals surface area contributed by atoms with E-state index in [2.05, 4.69) is 0 Å². The fourth-order valence-electron chi connectivity index (χ4n) is 3.31. The molecule has 1 aliphatic carbocycles. The lowest BCUT2D eigenvalue weighted by Gasteiger charge is -2.30. The van der Waals surface area contributed by atoms with Gasteiger partial charge in [-0.25, -0.2) is 0 Å². The zero-order valence-electron chi connectivity index (χ0n) is 13.0. The first-order valence-corrected chi connectivity index (χ1v) is 7.69. The van der Waals surface area contributed by atoms with Crippen LogP contribution in [0.15, 0.2) is 0 Å². The van der Waals surface area contributed by atoms with Gasteiger partial charge in [-0.05, 0) is 44.4 Å². The molecule has 4 nitrogen and oxygen atoms in total. The smallest absolute Gasteiger partial charge is 0.309 e. The molecule has 1 rings (SSSR count). The molecule has 0 aromatic heterocycles. The van der Waals surface area contributed by atoms with Crippen molar-refractivity contribution in [2.75, 3.05) is 13.2 Å². The van der Waals surface area contributed by atoms with Crippen molar-refractivity contribution in [1.82, 2.24) is 0 Å². The van der Waals surface area contributed by atoms with Gasteiger partial charge in [-0.3, -0.25) is 9.59 Å². The molecule has 0 spiro atoms. The summed E-state index contributed by atoms with van der Waals surface area (Å²) in [5.74, 6) is -0.159. The quantitative estimate of drug-likeness (QED) is 0.550. The largest absolute Gasteiger partial charge is 0.465 e. The standard InChI is InChI=1S/C16H28O4/c1-12(18)13-8-9-14(16(13,2)3)15(19)20-11-7-5-4-6-10-17/h13-14,17H,4-11H2,1-3H3. The Bertz CT molecular complexity index is 335. The molecule has 2 atom stereocenters. The summed E-state index contributed by atoms with van der Waals surface area (Å²) in [6.45, 7) is 6.28. The van der Waals surface area contributed by atoms with Gasteiger partial charge >= 0.3 is 5.97 Å². The van der Waals surface area contributed by atoms with Gasteiger partial charge < -0.3 is 9.84 Å². The first-order valence-electron chi connectivity index (χ1n) is 7.69. The van der Waals surface area contributed by atoms with Crippen LogP contribution in [-0.2, 0) is 14.3 Å². The fraction of sp³-hybridized carbons (Fsp3) is 0.875. The molecule has 1 aliphatic rings. The average molecular weight is 284 g/mol. The molecule has 116 valence electrons. The maximum atomic E-state index is 12.1. The Labute approximate surface area is 121 Å². The number of aliphatic hydroxyl groups excluding tert-OH is 1. The minimum absolute atomic E-state index is 0.0235. The third kappa shape index (κ3) is 4.30. The van der Waals surface area contributed by atoms with Crippen molar-refractivity contribution < 1.29 is 19.4 Å². The van der Waals surface area contributed by atoms with Crippen molar-refractivity contribution in [2.45, 2.75) is 59.3 Å². The zero-order valence-corrected chi connectivity index (χ0v) is 13.0. The molecular formula is C16H28O4. The topological polar surface area (TPSA) is 63.6 Å². The SMILES string of the molecule is CC(=O)C1CCC(C(=O)OCCCCCCO)C1(C)C. The predicted octanol–water partition coefficient (Wildman–Crippen LogP) is 2.72. The van der Waals surface area contributed by atoms with Gasteiger partial charge in [0.15, 0.2) is 0 Å². The summed E-state index contributed by atoms with van der Waals surface area (Å²) in [6, 6.07) is 0. The van der Waals surface area contributed by atoms with E-state index >= 15 is 0 Å². The first kappa shape index (κ1) is 17.2. The number of unbranched alkanes of at least 4 members (excludes halogenated alkanes) is 3. The number of carbonyl (C=O) groups is 2. The molecule has 0 aromatic rings. The molecule has 0 bridgehead atoms. The number of hydrogen-bond acceptors (Lipinski definition) is 4. The lowest BCUT2D eigenvalue weighted by Crippen LogP contribution is -2.34. The number of Topliss-reactive ketones (excluding diaryl/α,β-unsaturated/α-hetero) is 1. The summed E-state index contributed by atoms with van der Waals surface area (Å²) in [5.41, 5.74) is -0.292. The Morgan fingerprint density at radius 3 is 2.25 bits per heavy atom. The third-order valence-electron chi connectivity index (χ3n) is 4.61. The molecule has 0 saturated heterocycles. The lowest BCUT2D eigenvalue weighted by molar-refractivity contribution is -0.152. The summed E-state index contributed by atoms with van der Waals surface area (Å²) in [7, 11) is 0. The molecular weight excluding hydrogens is 256 g/mol. The summed E-state index contributed by atoms with van der Waals surface area (Å²) >= 11 is 0. The summed E-state index contributed by atoms with van der Waals surface area (Å²) in [6.07, 6.45) is 5.13. The van der Waals surface area contributed by atoms with Crippen LogP contribution in [-0.4, -0.2) is 30.1 Å². The number of ether oxygens (including phenoxy) is 1. The maximum absolute atomic E-state index is 12.1. The van der Waals surface area contributed by atoms with Crippen molar-refractivity contribution in [2.24, 2.45) is 17.3 Å². The molecule has 0 aromatic carbocycles. The highest BCUT2D eigenvalue weighted by atomic mass is 16.5. The molecule has 0 heterocycles. The zero-order chi connectivity index (χ0) is 15.2. The lowest BCUT2D eigenvalue weighted by atomic mass is 9.74. The normalized spacial score (nSPS) is 24.6. The van der Waals surface area contributed by atoms with Crippen LogP contribution < -0.4 is 0 Å². The van der Waals surface area contributed by atoms with Crippen LogP contribution in [0.2, 0.25) is 0 Å². The van der Waals surface area contributed by atoms with E-state index < -0.39 is 0 Å². The molecule has 1 N–H and O–H groups in total. The Morgan fingerprint density at radius 1 is 1.10 bits per heavy atom. The van der Waals surface area contributed by atoms with E-state index in [4.69, 9.17) is 9.84 Å². The van der Waals surface area contributed by atoms with Gasteiger partial charge in [0.25, 0.3) is 0 Å². The van der Waals surface area contributed by atoms with E-state index in [1.54, 1.807) is 6.92 Å². The maximum Gasteiger partial charge on any atom is 0.309 e. The van der Waals surface area contributed by atoms with Crippen LogP contribution in [0.1, 0.15) is 59.3 Å². The van der Waals surface area contributed by atoms with Crippen LogP contribution in [0.4, 0.5) is 0 Å². The van der Waals surface area contributed by atoms with Crippen molar-refractivity contribution in [3.63, 3.8) is 0 Å². The van der Waals surface area contributed by atoms with E-state index in [9.17, 15) is 9.59 Å². The second kappa shape index (κ2) is 7.77. The van der Waals surface area contributed by atoms with E-state index in [0.717, 1.165) is 38.5 Å². The van der Waals surface area contributed by atoms with Gasteiger partial charge in [-0.2, -0.15) is 0 Å². The summed E-state index contributed by atoms with van der Waals surface area (Å²) < 4.78 is 5.36. The van der Waals surface area contributed by atoms with Crippen LogP contribution in [0.25, 0.3) is 0 Å². The Balaban J connectivity index is 2.35. The molecule has 2 unspecified atom stereocenters. The van der Waals surface area contributed by atoms with Crippen LogP contribution in [0, 0.1) is 17.3 Å². The van der Waals surface area contributed by atoms with Crippen molar-refractivity contribution in [3.05, 3.63) is 0 Å². The molecule has 20 heavy (non-hydrogen) atoms. The Kier molecular flexibility index (Phi) is 6.66. The Hall–Kier alpha value is -0.900. The van der Waals surface area contributed by atoms with Gasteiger partial charge in [-0.15, -0.1) is 0 Å². The van der Waals surface area contributed by atoms with Crippen molar-refractivity contribution >= 4 is 11.8 Å². The fourth-order valence-corrected chi connectivity index (χ4v) is 3.31. The molecule has 0 amide bonds. The van der Waals surface area contributed by atoms with E-state index in [1.807, 2.05) is 13.8 Å². The monoisotopic (exact) mass is 284 g/mol. The molecule has 4 heteroatoms. The number of aliphatic hydroxyl groups is 1. The Morgan fingerprint density at radius 2 is 1.70 bits per heavy atom. The van der Waals surface area contributed by atoms with Gasteiger partial charge in [0.2, 0.25) is 0 Å². The second-order valence-corrected chi connectivity index (χ2v) is 6.42. The van der Waals surface area contributed by atoms with Gasteiger partial charge in [-0.1, -0.05) is 20.3 Å². The van der Waals surface area contributed by atoms with Crippen LogP contribution in [0.5, 0.6) is 0 Å². The van der Waals surface area contributed by atoms with Gasteiger partial charge in [0, 0.05) is 12.5 Å². The molecule has 1 fully saturated rings. The van der Waals surface area contributed by atoms with Crippen LogP contribution >= 0.6 is 0 Å². The van der Waals surface area contributed by atoms with E-state index in [0.29, 0.717) is 6.61 Å². The van der Waals surface area contributed by atoms with Crippen molar-refractivity contribution in [3.8, 4) is 0 Å². The van der Waals surface area contributed by atoms with Gasteiger partial charge in [0.1, 0.15) is 5.78 Å². The first-order chi connectivity index (χ1) is 9.41. The summed E-state index contributed by atoms with van der Waals surface area (Å²) in [4.78, 5) is 23.8. The van der Waals surface area contributed by atoms with E-state index in [1.165, 1.54) is 0 Å².